The van der Waals surface area contributed by atoms with Crippen LogP contribution in [0.5, 0.6) is 0 Å². The molecule has 8 heteroatoms. The summed E-state index contributed by atoms with van der Waals surface area (Å²) in [6.45, 7) is 2.71. The number of rotatable bonds is 4. The van der Waals surface area contributed by atoms with E-state index >= 15 is 0 Å². The van der Waals surface area contributed by atoms with E-state index < -0.39 is 0 Å². The summed E-state index contributed by atoms with van der Waals surface area (Å²) in [4.78, 5) is 14.8. The number of nitrogens with zero attached hydrogens (tertiary/aromatic N) is 5. The smallest absolute Gasteiger partial charge is 0.322 e. The van der Waals surface area contributed by atoms with Gasteiger partial charge in [0.1, 0.15) is 0 Å². The van der Waals surface area contributed by atoms with Crippen LogP contribution in [0.15, 0.2) is 40.9 Å². The van der Waals surface area contributed by atoms with E-state index in [4.69, 9.17) is 4.42 Å². The summed E-state index contributed by atoms with van der Waals surface area (Å²) in [7, 11) is 1.92. The zero-order valence-electron chi connectivity index (χ0n) is 16.1. The maximum absolute atomic E-state index is 12.9. The number of amides is 2. The first-order valence-corrected chi connectivity index (χ1v) is 9.64. The molecule has 1 aliphatic rings. The number of likely N-dealkylation sites (tertiary alicyclic amines) is 1. The van der Waals surface area contributed by atoms with Crippen LogP contribution in [0.1, 0.15) is 43.8 Å². The summed E-state index contributed by atoms with van der Waals surface area (Å²) in [5.74, 6) is 1.10. The van der Waals surface area contributed by atoms with Gasteiger partial charge in [0.15, 0.2) is 0 Å². The van der Waals surface area contributed by atoms with Gasteiger partial charge in [0, 0.05) is 37.5 Å². The van der Waals surface area contributed by atoms with Crippen LogP contribution in [-0.2, 0) is 13.5 Å². The molecule has 146 valence electrons. The lowest BCUT2D eigenvalue weighted by atomic mass is 9.99. The van der Waals surface area contributed by atoms with Crippen molar-refractivity contribution < 1.29 is 9.21 Å². The third kappa shape index (κ3) is 3.62. The summed E-state index contributed by atoms with van der Waals surface area (Å²) in [6.07, 6.45) is 5.55. The fraction of sp³-hybridized carbons (Fsp3) is 0.400. The molecule has 4 rings (SSSR count). The number of urea groups is 1. The zero-order valence-corrected chi connectivity index (χ0v) is 16.1. The van der Waals surface area contributed by atoms with Crippen LogP contribution in [0.25, 0.3) is 11.5 Å². The van der Waals surface area contributed by atoms with Crippen LogP contribution >= 0.6 is 0 Å². The summed E-state index contributed by atoms with van der Waals surface area (Å²) < 4.78 is 7.42. The standard InChI is InChI=1S/C20H24N6O2/c1-3-18-23-24-19(28-18)14-7-9-15(10-8-14)22-20(27)26-13-5-4-6-17(26)16-11-12-21-25(16)2/h7-12,17H,3-6,13H2,1-2H3,(H,22,27). The van der Waals surface area contributed by atoms with Crippen LogP contribution in [0.4, 0.5) is 10.5 Å². The fourth-order valence-electron chi connectivity index (χ4n) is 3.60. The van der Waals surface area contributed by atoms with Gasteiger partial charge in [-0.1, -0.05) is 6.92 Å². The van der Waals surface area contributed by atoms with E-state index in [1.54, 1.807) is 6.20 Å². The third-order valence-electron chi connectivity index (χ3n) is 5.12. The van der Waals surface area contributed by atoms with Crippen molar-refractivity contribution in [2.75, 3.05) is 11.9 Å². The molecule has 0 radical (unpaired) electrons. The Balaban J connectivity index is 1.47. The van der Waals surface area contributed by atoms with Crippen molar-refractivity contribution in [2.45, 2.75) is 38.6 Å². The summed E-state index contributed by atoms with van der Waals surface area (Å²) in [5.41, 5.74) is 2.63. The number of carbonyl (C=O) groups excluding carboxylic acids is 1. The highest BCUT2D eigenvalue weighted by Gasteiger charge is 2.29. The maximum Gasteiger partial charge on any atom is 0.322 e. The second-order valence-electron chi connectivity index (χ2n) is 6.95. The van der Waals surface area contributed by atoms with E-state index in [2.05, 4.69) is 20.6 Å². The van der Waals surface area contributed by atoms with Gasteiger partial charge >= 0.3 is 6.03 Å². The molecule has 1 saturated heterocycles. The highest BCUT2D eigenvalue weighted by molar-refractivity contribution is 5.90. The molecule has 0 aliphatic carbocycles. The lowest BCUT2D eigenvalue weighted by molar-refractivity contribution is 0.159. The molecule has 28 heavy (non-hydrogen) atoms. The SMILES string of the molecule is CCc1nnc(-c2ccc(NC(=O)N3CCCCC3c3ccnn3C)cc2)o1. The van der Waals surface area contributed by atoms with Crippen molar-refractivity contribution in [3.05, 3.63) is 48.1 Å². The summed E-state index contributed by atoms with van der Waals surface area (Å²) in [6, 6.07) is 9.39. The van der Waals surface area contributed by atoms with Crippen molar-refractivity contribution in [2.24, 2.45) is 7.05 Å². The van der Waals surface area contributed by atoms with E-state index in [9.17, 15) is 4.79 Å². The number of hydrogen-bond acceptors (Lipinski definition) is 5. The van der Waals surface area contributed by atoms with Gasteiger partial charge in [0.05, 0.1) is 11.7 Å². The van der Waals surface area contributed by atoms with Crippen LogP contribution < -0.4 is 5.32 Å². The van der Waals surface area contributed by atoms with Gasteiger partial charge in [-0.2, -0.15) is 5.10 Å². The molecule has 3 heterocycles. The number of carbonyl (C=O) groups is 1. The van der Waals surface area contributed by atoms with Crippen LogP contribution in [0.3, 0.4) is 0 Å². The molecule has 1 aliphatic heterocycles. The quantitative estimate of drug-likeness (QED) is 0.744. The average Bonchev–Trinajstić information content (AvgIpc) is 3.37. The molecule has 0 bridgehead atoms. The molecule has 0 saturated carbocycles. The third-order valence-corrected chi connectivity index (χ3v) is 5.12. The molecule has 1 aromatic carbocycles. The highest BCUT2D eigenvalue weighted by atomic mass is 16.4. The lowest BCUT2D eigenvalue weighted by Gasteiger charge is -2.35. The van der Waals surface area contributed by atoms with Crippen LogP contribution in [-0.4, -0.2) is 37.5 Å². The first-order valence-electron chi connectivity index (χ1n) is 9.64. The highest BCUT2D eigenvalue weighted by Crippen LogP contribution is 2.31. The Hall–Kier alpha value is -3.16. The van der Waals surface area contributed by atoms with E-state index in [1.807, 2.05) is 53.9 Å². The topological polar surface area (TPSA) is 89.1 Å². The Labute approximate surface area is 163 Å². The first-order chi connectivity index (χ1) is 13.7. The Morgan fingerprint density at radius 3 is 2.71 bits per heavy atom. The Bertz CT molecular complexity index is 946. The van der Waals surface area contributed by atoms with E-state index in [-0.39, 0.29) is 12.1 Å². The average molecular weight is 380 g/mol. The monoisotopic (exact) mass is 380 g/mol. The second-order valence-corrected chi connectivity index (χ2v) is 6.95. The van der Waals surface area contributed by atoms with Gasteiger partial charge in [-0.25, -0.2) is 4.79 Å². The minimum absolute atomic E-state index is 0.0476. The molecular weight excluding hydrogens is 356 g/mol. The van der Waals surface area contributed by atoms with Gasteiger partial charge < -0.3 is 14.6 Å². The van der Waals surface area contributed by atoms with E-state index in [1.165, 1.54) is 0 Å². The van der Waals surface area contributed by atoms with Gasteiger partial charge in [-0.3, -0.25) is 4.68 Å². The number of piperidine rings is 1. The Morgan fingerprint density at radius 2 is 2.04 bits per heavy atom. The number of benzene rings is 1. The number of aromatic nitrogens is 4. The molecule has 1 atom stereocenters. The predicted molar refractivity (Wildman–Crippen MR) is 105 cm³/mol. The molecule has 8 nitrogen and oxygen atoms in total. The van der Waals surface area contributed by atoms with Gasteiger partial charge in [-0.05, 0) is 49.6 Å². The summed E-state index contributed by atoms with van der Waals surface area (Å²) in [5, 5.41) is 15.3. The molecule has 1 N–H and O–H groups in total. The molecule has 3 aromatic rings. The van der Waals surface area contributed by atoms with Crippen molar-refractivity contribution >= 4 is 11.7 Å². The number of nitrogens with one attached hydrogen (secondary N) is 1. The Kier molecular flexibility index (Phi) is 5.10. The van der Waals surface area contributed by atoms with Crippen LogP contribution in [0, 0.1) is 0 Å². The molecule has 2 amide bonds. The largest absolute Gasteiger partial charge is 0.421 e. The lowest BCUT2D eigenvalue weighted by Crippen LogP contribution is -2.41. The number of anilines is 1. The Morgan fingerprint density at radius 1 is 1.21 bits per heavy atom. The van der Waals surface area contributed by atoms with E-state index in [0.717, 1.165) is 42.8 Å². The maximum atomic E-state index is 12.9. The van der Waals surface area contributed by atoms with Crippen molar-refractivity contribution in [3.63, 3.8) is 0 Å². The van der Waals surface area contributed by atoms with Gasteiger partial charge in [-0.15, -0.1) is 10.2 Å². The number of aryl methyl sites for hydroxylation is 2. The molecule has 1 fully saturated rings. The minimum atomic E-state index is -0.0929. The van der Waals surface area contributed by atoms with Crippen LogP contribution in [0.2, 0.25) is 0 Å². The molecule has 0 spiro atoms. The summed E-state index contributed by atoms with van der Waals surface area (Å²) >= 11 is 0. The van der Waals surface area contributed by atoms with Crippen molar-refractivity contribution in [3.8, 4) is 11.5 Å². The molecular formula is C20H24N6O2. The van der Waals surface area contributed by atoms with Gasteiger partial charge in [0.2, 0.25) is 11.8 Å². The zero-order chi connectivity index (χ0) is 19.5. The second kappa shape index (κ2) is 7.84. The molecule has 2 aromatic heterocycles. The van der Waals surface area contributed by atoms with E-state index in [0.29, 0.717) is 18.2 Å². The number of hydrogen-bond donors (Lipinski definition) is 1. The predicted octanol–water partition coefficient (Wildman–Crippen LogP) is 3.79. The fourth-order valence-corrected chi connectivity index (χ4v) is 3.60. The normalized spacial score (nSPS) is 16.9. The van der Waals surface area contributed by atoms with Crippen molar-refractivity contribution in [1.82, 2.24) is 24.9 Å². The minimum Gasteiger partial charge on any atom is -0.421 e. The van der Waals surface area contributed by atoms with Crippen molar-refractivity contribution in [1.29, 1.82) is 0 Å². The van der Waals surface area contributed by atoms with Gasteiger partial charge in [0.25, 0.3) is 0 Å². The first kappa shape index (κ1) is 18.2. The molecule has 1 unspecified atom stereocenters.